The van der Waals surface area contributed by atoms with E-state index in [2.05, 4.69) is 38.7 Å². The summed E-state index contributed by atoms with van der Waals surface area (Å²) < 4.78 is 20.4. The van der Waals surface area contributed by atoms with Gasteiger partial charge in [-0.3, -0.25) is 14.5 Å². The topological polar surface area (TPSA) is 129 Å². The van der Waals surface area contributed by atoms with Gasteiger partial charge in [-0.2, -0.15) is 9.49 Å². The van der Waals surface area contributed by atoms with Crippen molar-refractivity contribution in [3.63, 3.8) is 0 Å². The Balaban J connectivity index is 1.53. The van der Waals surface area contributed by atoms with Crippen molar-refractivity contribution in [3.8, 4) is 5.75 Å². The molecule has 0 unspecified atom stereocenters. The van der Waals surface area contributed by atoms with Crippen LogP contribution in [0, 0.1) is 19.3 Å². The van der Waals surface area contributed by atoms with E-state index in [1.165, 1.54) is 17.3 Å². The third-order valence-corrected chi connectivity index (χ3v) is 7.08. The summed E-state index contributed by atoms with van der Waals surface area (Å²) in [6.45, 7) is 13.4. The number of likely N-dealkylation sites (N-methyl/N-ethyl adjacent to an activating group) is 1. The van der Waals surface area contributed by atoms with Crippen LogP contribution in [-0.2, 0) is 7.05 Å². The van der Waals surface area contributed by atoms with Crippen molar-refractivity contribution < 1.29 is 13.9 Å². The number of halogens is 1. The highest BCUT2D eigenvalue weighted by Gasteiger charge is 2.20. The maximum absolute atomic E-state index is 13.5. The number of anilines is 3. The predicted molar refractivity (Wildman–Crippen MR) is 155 cm³/mol. The van der Waals surface area contributed by atoms with Crippen LogP contribution >= 0.6 is 0 Å². The molecule has 0 atom stereocenters. The molecule has 1 aliphatic heterocycles. The fourth-order valence-electron chi connectivity index (χ4n) is 4.63. The maximum Gasteiger partial charge on any atom is 0.270 e. The second-order valence-corrected chi connectivity index (χ2v) is 9.75. The number of pyridine rings is 1. The molecule has 212 valence electrons. The zero-order valence-corrected chi connectivity index (χ0v) is 23.4. The van der Waals surface area contributed by atoms with Crippen LogP contribution in [-0.4, -0.2) is 70.6 Å². The Bertz CT molecular complexity index is 1410. The van der Waals surface area contributed by atoms with E-state index < -0.39 is 11.9 Å². The Labute approximate surface area is 233 Å². The van der Waals surface area contributed by atoms with Gasteiger partial charge in [0.2, 0.25) is 0 Å². The van der Waals surface area contributed by atoms with Crippen molar-refractivity contribution in [2.75, 3.05) is 54.5 Å². The number of nitrogens with one attached hydrogen (secondary N) is 2. The largest absolute Gasteiger partial charge is 0.432 e. The van der Waals surface area contributed by atoms with Crippen LogP contribution in [0.3, 0.4) is 0 Å². The molecule has 11 nitrogen and oxygen atoms in total. The minimum Gasteiger partial charge on any atom is -0.432 e. The number of piperazine rings is 1. The molecule has 0 spiro atoms. The van der Waals surface area contributed by atoms with E-state index in [0.29, 0.717) is 33.9 Å². The van der Waals surface area contributed by atoms with Crippen molar-refractivity contribution in [1.29, 1.82) is 5.41 Å². The van der Waals surface area contributed by atoms with Gasteiger partial charge in [0.1, 0.15) is 5.75 Å². The fraction of sp³-hybridized carbons (Fsp3) is 0.357. The number of nitrogens with zero attached hydrogens (tertiary/aromatic N) is 6. The Morgan fingerprint density at radius 2 is 1.93 bits per heavy atom. The standard InChI is InChI=1S/C28H36FN9O2/c1-6-36-7-9-37(10-8-36)23-11-21(12-24(14-23)40-20(4)29)28(39)34-22-13-27(18(2)32-15-22)38(31)17-26(30)25-16-33-35(5)19(25)3/h11-16,30H,4,6-10,17,31H2,1-3,5H3,(H,34,39). The van der Waals surface area contributed by atoms with Gasteiger partial charge in [0, 0.05) is 61.8 Å². The lowest BCUT2D eigenvalue weighted by atomic mass is 10.1. The minimum atomic E-state index is -0.957. The molecular weight excluding hydrogens is 513 g/mol. The highest BCUT2D eigenvalue weighted by Crippen LogP contribution is 2.28. The number of carbonyl (C=O) groups is 1. The van der Waals surface area contributed by atoms with E-state index in [1.807, 2.05) is 14.0 Å². The number of hydrogen-bond donors (Lipinski definition) is 3. The summed E-state index contributed by atoms with van der Waals surface area (Å²) in [4.78, 5) is 22.2. The first kappa shape index (κ1) is 28.7. The molecular formula is C28H36FN9O2. The van der Waals surface area contributed by atoms with Gasteiger partial charge in [0.15, 0.2) is 0 Å². The predicted octanol–water partition coefficient (Wildman–Crippen LogP) is 3.39. The zero-order chi connectivity index (χ0) is 29.0. The third-order valence-electron chi connectivity index (χ3n) is 7.08. The Kier molecular flexibility index (Phi) is 8.80. The Morgan fingerprint density at radius 3 is 2.55 bits per heavy atom. The Hall–Kier alpha value is -4.29. The maximum atomic E-state index is 13.5. The van der Waals surface area contributed by atoms with E-state index in [1.54, 1.807) is 36.0 Å². The number of hydrogen-bond acceptors (Lipinski definition) is 9. The lowest BCUT2D eigenvalue weighted by molar-refractivity contribution is 0.102. The van der Waals surface area contributed by atoms with E-state index in [4.69, 9.17) is 16.0 Å². The average Bonchev–Trinajstić information content (AvgIpc) is 3.26. The van der Waals surface area contributed by atoms with Gasteiger partial charge < -0.3 is 30.3 Å². The van der Waals surface area contributed by atoms with Gasteiger partial charge in [0.25, 0.3) is 11.9 Å². The first-order valence-electron chi connectivity index (χ1n) is 13.1. The summed E-state index contributed by atoms with van der Waals surface area (Å²) in [5.41, 5.74) is 4.56. The molecule has 0 radical (unpaired) electrons. The average molecular weight is 550 g/mol. The molecule has 2 aromatic heterocycles. The summed E-state index contributed by atoms with van der Waals surface area (Å²) in [5, 5.41) is 17.0. The molecule has 3 heterocycles. The van der Waals surface area contributed by atoms with Crippen LogP contribution < -0.4 is 25.8 Å². The van der Waals surface area contributed by atoms with Gasteiger partial charge >= 0.3 is 0 Å². The van der Waals surface area contributed by atoms with Crippen molar-refractivity contribution in [3.05, 3.63) is 71.8 Å². The summed E-state index contributed by atoms with van der Waals surface area (Å²) in [5.74, 6) is 6.11. The number of carbonyl (C=O) groups excluding carboxylic acids is 1. The van der Waals surface area contributed by atoms with Crippen molar-refractivity contribution >= 4 is 28.7 Å². The van der Waals surface area contributed by atoms with Crippen LogP contribution in [0.1, 0.15) is 34.2 Å². The molecule has 1 amide bonds. The lowest BCUT2D eigenvalue weighted by Gasteiger charge is -2.35. The number of amides is 1. The van der Waals surface area contributed by atoms with Crippen LogP contribution in [0.2, 0.25) is 0 Å². The molecule has 40 heavy (non-hydrogen) atoms. The van der Waals surface area contributed by atoms with Crippen molar-refractivity contribution in [1.82, 2.24) is 19.7 Å². The van der Waals surface area contributed by atoms with Crippen LogP contribution in [0.15, 0.2) is 49.3 Å². The van der Waals surface area contributed by atoms with Crippen LogP contribution in [0.25, 0.3) is 0 Å². The van der Waals surface area contributed by atoms with Crippen molar-refractivity contribution in [2.24, 2.45) is 12.9 Å². The molecule has 4 N–H and O–H groups in total. The summed E-state index contributed by atoms with van der Waals surface area (Å²) >= 11 is 0. The third kappa shape index (κ3) is 6.64. The second kappa shape index (κ2) is 12.3. The SMILES string of the molecule is C=C(F)Oc1cc(C(=O)Nc2cnc(C)c(N(N)CC(=N)c3cnn(C)c3C)c2)cc(N2CCN(CC)CC2)c1. The van der Waals surface area contributed by atoms with Gasteiger partial charge in [-0.05, 0) is 45.2 Å². The van der Waals surface area contributed by atoms with Crippen LogP contribution in [0.4, 0.5) is 21.5 Å². The number of aromatic nitrogens is 3. The number of benzene rings is 1. The summed E-state index contributed by atoms with van der Waals surface area (Å²) in [7, 11) is 1.82. The molecule has 1 aliphatic rings. The smallest absolute Gasteiger partial charge is 0.270 e. The van der Waals surface area contributed by atoms with Gasteiger partial charge in [-0.1, -0.05) is 6.92 Å². The quantitative estimate of drug-likeness (QED) is 0.152. The number of hydrazine groups is 1. The molecule has 12 heteroatoms. The van der Waals surface area contributed by atoms with E-state index in [9.17, 15) is 9.18 Å². The monoisotopic (exact) mass is 549 g/mol. The fourth-order valence-corrected chi connectivity index (χ4v) is 4.63. The first-order valence-corrected chi connectivity index (χ1v) is 13.1. The summed E-state index contributed by atoms with van der Waals surface area (Å²) in [6, 6.07) is 5.70. The molecule has 0 aliphatic carbocycles. The van der Waals surface area contributed by atoms with E-state index >= 15 is 0 Å². The molecule has 0 saturated carbocycles. The second-order valence-electron chi connectivity index (χ2n) is 9.75. The summed E-state index contributed by atoms with van der Waals surface area (Å²) in [6.07, 6.45) is 3.18. The molecule has 1 fully saturated rings. The highest BCUT2D eigenvalue weighted by atomic mass is 19.1. The Morgan fingerprint density at radius 1 is 1.20 bits per heavy atom. The van der Waals surface area contributed by atoms with E-state index in [-0.39, 0.29) is 12.3 Å². The molecule has 1 saturated heterocycles. The number of aryl methyl sites for hydroxylation is 2. The first-order chi connectivity index (χ1) is 19.0. The molecule has 4 rings (SSSR count). The molecule has 3 aromatic rings. The van der Waals surface area contributed by atoms with Crippen LogP contribution in [0.5, 0.6) is 5.75 Å². The zero-order valence-electron chi connectivity index (χ0n) is 23.4. The van der Waals surface area contributed by atoms with Gasteiger partial charge in [0.05, 0.1) is 41.7 Å². The van der Waals surface area contributed by atoms with E-state index in [0.717, 1.165) is 44.1 Å². The van der Waals surface area contributed by atoms with Gasteiger partial charge in [-0.15, -0.1) is 0 Å². The minimum absolute atomic E-state index is 0.119. The van der Waals surface area contributed by atoms with Crippen molar-refractivity contribution in [2.45, 2.75) is 20.8 Å². The number of nitrogens with two attached hydrogens (primary N) is 1. The normalized spacial score (nSPS) is 13.7. The number of ether oxygens (including phenoxy) is 1. The highest BCUT2D eigenvalue weighted by molar-refractivity contribution is 6.05. The molecule has 0 bridgehead atoms. The lowest BCUT2D eigenvalue weighted by Crippen LogP contribution is -2.46. The molecule has 1 aromatic carbocycles. The number of rotatable bonds is 10. The van der Waals surface area contributed by atoms with Gasteiger partial charge in [-0.25, -0.2) is 5.84 Å².